The summed E-state index contributed by atoms with van der Waals surface area (Å²) in [6.07, 6.45) is 2.01. The standard InChI is InChI=1S/C14H13F2N3O3/c1-14(2,21)13-17-5-4-8(19-13)11-10(16)9(12(20)22-3)7(15)6-18-11/h4-6,21H,1-3H3. The number of halogens is 2. The number of nitrogens with zero attached hydrogens (tertiary/aromatic N) is 3. The Morgan fingerprint density at radius 3 is 2.59 bits per heavy atom. The molecule has 0 unspecified atom stereocenters. The Kier molecular flexibility index (Phi) is 4.14. The van der Waals surface area contributed by atoms with Gasteiger partial charge in [0, 0.05) is 6.20 Å². The van der Waals surface area contributed by atoms with Crippen LogP contribution in [0, 0.1) is 11.6 Å². The molecule has 1 N–H and O–H groups in total. The van der Waals surface area contributed by atoms with E-state index in [0.29, 0.717) is 6.20 Å². The predicted octanol–water partition coefficient (Wildman–Crippen LogP) is 1.83. The van der Waals surface area contributed by atoms with Gasteiger partial charge in [0.1, 0.15) is 16.9 Å². The molecule has 0 aliphatic carbocycles. The average molecular weight is 309 g/mol. The minimum Gasteiger partial charge on any atom is -0.465 e. The van der Waals surface area contributed by atoms with Gasteiger partial charge in [-0.1, -0.05) is 0 Å². The summed E-state index contributed by atoms with van der Waals surface area (Å²) >= 11 is 0. The lowest BCUT2D eigenvalue weighted by molar-refractivity contribution is 0.0589. The number of methoxy groups -OCH3 is 1. The molecule has 22 heavy (non-hydrogen) atoms. The molecule has 2 heterocycles. The van der Waals surface area contributed by atoms with Crippen LogP contribution in [0.1, 0.15) is 30.0 Å². The van der Waals surface area contributed by atoms with Crippen LogP contribution in [0.2, 0.25) is 0 Å². The summed E-state index contributed by atoms with van der Waals surface area (Å²) in [5, 5.41) is 9.88. The lowest BCUT2D eigenvalue weighted by atomic mass is 10.1. The van der Waals surface area contributed by atoms with Crippen LogP contribution in [0.15, 0.2) is 18.5 Å². The summed E-state index contributed by atoms with van der Waals surface area (Å²) in [6, 6.07) is 1.33. The lowest BCUT2D eigenvalue weighted by Gasteiger charge is -2.15. The molecule has 0 spiro atoms. The summed E-state index contributed by atoms with van der Waals surface area (Å²) in [5.74, 6) is -3.44. The van der Waals surface area contributed by atoms with Crippen LogP contribution in [0.25, 0.3) is 11.4 Å². The zero-order valence-corrected chi connectivity index (χ0v) is 12.1. The van der Waals surface area contributed by atoms with Crippen molar-refractivity contribution in [3.8, 4) is 11.4 Å². The number of rotatable bonds is 3. The first-order chi connectivity index (χ1) is 10.3. The van der Waals surface area contributed by atoms with Crippen molar-refractivity contribution in [1.29, 1.82) is 0 Å². The smallest absolute Gasteiger partial charge is 0.344 e. The Labute approximate surface area is 124 Å². The van der Waals surface area contributed by atoms with E-state index in [1.807, 2.05) is 0 Å². The average Bonchev–Trinajstić information content (AvgIpc) is 2.46. The zero-order valence-electron chi connectivity index (χ0n) is 12.1. The van der Waals surface area contributed by atoms with Crippen LogP contribution in [0.5, 0.6) is 0 Å². The summed E-state index contributed by atoms with van der Waals surface area (Å²) in [4.78, 5) is 23.0. The first-order valence-corrected chi connectivity index (χ1v) is 6.24. The first kappa shape index (κ1) is 15.9. The van der Waals surface area contributed by atoms with E-state index in [0.717, 1.165) is 7.11 Å². The Hall–Kier alpha value is -2.48. The van der Waals surface area contributed by atoms with E-state index >= 15 is 0 Å². The maximum atomic E-state index is 14.4. The Morgan fingerprint density at radius 1 is 1.32 bits per heavy atom. The van der Waals surface area contributed by atoms with Crippen LogP contribution < -0.4 is 0 Å². The van der Waals surface area contributed by atoms with Crippen LogP contribution in [0.3, 0.4) is 0 Å². The summed E-state index contributed by atoms with van der Waals surface area (Å²) in [5.41, 5.74) is -2.53. The van der Waals surface area contributed by atoms with E-state index in [4.69, 9.17) is 0 Å². The molecule has 0 bridgehead atoms. The number of hydrogen-bond acceptors (Lipinski definition) is 6. The highest BCUT2D eigenvalue weighted by atomic mass is 19.1. The van der Waals surface area contributed by atoms with E-state index in [9.17, 15) is 18.7 Å². The van der Waals surface area contributed by atoms with Gasteiger partial charge in [0.05, 0.1) is 19.0 Å². The molecule has 0 aliphatic rings. The number of aliphatic hydroxyl groups is 1. The number of carbonyl (C=O) groups excluding carboxylic acids is 1. The van der Waals surface area contributed by atoms with Gasteiger partial charge in [0.15, 0.2) is 17.5 Å². The third kappa shape index (κ3) is 2.91. The fraction of sp³-hybridized carbons (Fsp3) is 0.286. The SMILES string of the molecule is COC(=O)c1c(F)cnc(-c2ccnc(C(C)(C)O)n2)c1F. The monoisotopic (exact) mass is 309 g/mol. The van der Waals surface area contributed by atoms with Gasteiger partial charge in [0.2, 0.25) is 0 Å². The number of esters is 1. The van der Waals surface area contributed by atoms with Crippen molar-refractivity contribution in [3.63, 3.8) is 0 Å². The summed E-state index contributed by atoms with van der Waals surface area (Å²) in [6.45, 7) is 2.92. The van der Waals surface area contributed by atoms with E-state index in [2.05, 4.69) is 19.7 Å². The van der Waals surface area contributed by atoms with Crippen molar-refractivity contribution in [2.75, 3.05) is 7.11 Å². The molecule has 0 atom stereocenters. The molecule has 0 aromatic carbocycles. The zero-order chi connectivity index (χ0) is 16.5. The van der Waals surface area contributed by atoms with Crippen molar-refractivity contribution in [2.45, 2.75) is 19.4 Å². The predicted molar refractivity (Wildman–Crippen MR) is 71.8 cm³/mol. The Bertz CT molecular complexity index is 730. The third-order valence-corrected chi connectivity index (χ3v) is 2.81. The van der Waals surface area contributed by atoms with Crippen molar-refractivity contribution in [1.82, 2.24) is 15.0 Å². The van der Waals surface area contributed by atoms with Crippen molar-refractivity contribution < 1.29 is 23.4 Å². The van der Waals surface area contributed by atoms with E-state index < -0.39 is 28.8 Å². The highest BCUT2D eigenvalue weighted by Gasteiger charge is 2.25. The fourth-order valence-electron chi connectivity index (χ4n) is 1.72. The summed E-state index contributed by atoms with van der Waals surface area (Å²) < 4.78 is 32.3. The van der Waals surface area contributed by atoms with Crippen LogP contribution >= 0.6 is 0 Å². The van der Waals surface area contributed by atoms with E-state index in [-0.39, 0.29) is 17.2 Å². The highest BCUT2D eigenvalue weighted by molar-refractivity contribution is 5.91. The normalized spacial score (nSPS) is 11.4. The van der Waals surface area contributed by atoms with Crippen molar-refractivity contribution in [2.24, 2.45) is 0 Å². The van der Waals surface area contributed by atoms with Gasteiger partial charge in [-0.05, 0) is 19.9 Å². The molecule has 2 aromatic heterocycles. The minimum absolute atomic E-state index is 0.00905. The van der Waals surface area contributed by atoms with Gasteiger partial charge in [0.25, 0.3) is 0 Å². The molecule has 0 aliphatic heterocycles. The quantitative estimate of drug-likeness (QED) is 0.871. The van der Waals surface area contributed by atoms with Gasteiger partial charge >= 0.3 is 5.97 Å². The molecule has 6 nitrogen and oxygen atoms in total. The number of ether oxygens (including phenoxy) is 1. The van der Waals surface area contributed by atoms with Crippen molar-refractivity contribution >= 4 is 5.97 Å². The van der Waals surface area contributed by atoms with Gasteiger partial charge in [-0.2, -0.15) is 0 Å². The molecule has 2 aromatic rings. The second-order valence-corrected chi connectivity index (χ2v) is 4.96. The molecule has 116 valence electrons. The molecule has 0 amide bonds. The fourth-order valence-corrected chi connectivity index (χ4v) is 1.72. The Balaban J connectivity index is 2.62. The van der Waals surface area contributed by atoms with Crippen LogP contribution in [-0.4, -0.2) is 33.1 Å². The molecule has 8 heteroatoms. The number of carbonyl (C=O) groups is 1. The van der Waals surface area contributed by atoms with Crippen molar-refractivity contribution in [3.05, 3.63) is 41.5 Å². The topological polar surface area (TPSA) is 85.2 Å². The molecule has 2 rings (SSSR count). The largest absolute Gasteiger partial charge is 0.465 e. The maximum Gasteiger partial charge on any atom is 0.344 e. The molecule has 0 fully saturated rings. The Morgan fingerprint density at radius 2 is 2.00 bits per heavy atom. The lowest BCUT2D eigenvalue weighted by Crippen LogP contribution is -2.20. The molecule has 0 radical (unpaired) electrons. The minimum atomic E-state index is -1.35. The van der Waals surface area contributed by atoms with Gasteiger partial charge in [-0.15, -0.1) is 0 Å². The number of hydrogen-bond donors (Lipinski definition) is 1. The second kappa shape index (κ2) is 5.72. The second-order valence-electron chi connectivity index (χ2n) is 4.96. The van der Waals surface area contributed by atoms with Gasteiger partial charge in [-0.3, -0.25) is 0 Å². The summed E-state index contributed by atoms with van der Waals surface area (Å²) in [7, 11) is 1.01. The van der Waals surface area contributed by atoms with E-state index in [1.54, 1.807) is 0 Å². The molecular formula is C14H13F2N3O3. The third-order valence-electron chi connectivity index (χ3n) is 2.81. The molecule has 0 saturated heterocycles. The van der Waals surface area contributed by atoms with Crippen LogP contribution in [-0.2, 0) is 10.3 Å². The number of pyridine rings is 1. The van der Waals surface area contributed by atoms with Gasteiger partial charge < -0.3 is 9.84 Å². The van der Waals surface area contributed by atoms with Gasteiger partial charge in [-0.25, -0.2) is 28.5 Å². The highest BCUT2D eigenvalue weighted by Crippen LogP contribution is 2.25. The van der Waals surface area contributed by atoms with E-state index in [1.165, 1.54) is 26.1 Å². The first-order valence-electron chi connectivity index (χ1n) is 6.24. The molecule has 0 saturated carbocycles. The number of aromatic nitrogens is 3. The van der Waals surface area contributed by atoms with Crippen LogP contribution in [0.4, 0.5) is 8.78 Å². The maximum absolute atomic E-state index is 14.4. The molecular weight excluding hydrogens is 296 g/mol.